The predicted molar refractivity (Wildman–Crippen MR) is 82.7 cm³/mol. The van der Waals surface area contributed by atoms with E-state index in [1.165, 1.54) is 5.56 Å². The topological polar surface area (TPSA) is 30.5 Å². The molecule has 0 saturated heterocycles. The molecule has 0 radical (unpaired) electrons. The Morgan fingerprint density at radius 3 is 2.68 bits per heavy atom. The number of halogens is 1. The summed E-state index contributed by atoms with van der Waals surface area (Å²) in [7, 11) is 0. The Balaban J connectivity index is 2.43. The highest BCUT2D eigenvalue weighted by Crippen LogP contribution is 2.22. The monoisotopic (exact) mass is 329 g/mol. The minimum Gasteiger partial charge on any atom is -0.491 e. The lowest BCUT2D eigenvalue weighted by Crippen LogP contribution is -2.22. The van der Waals surface area contributed by atoms with Crippen LogP contribution in [0.15, 0.2) is 22.7 Å². The lowest BCUT2D eigenvalue weighted by atomic mass is 10.2. The fraction of sp³-hybridized carbons (Fsp3) is 0.600. The zero-order valence-electron chi connectivity index (χ0n) is 12.0. The summed E-state index contributed by atoms with van der Waals surface area (Å²) in [5.74, 6) is 0.892. The zero-order valence-corrected chi connectivity index (χ0v) is 13.6. The van der Waals surface area contributed by atoms with Crippen LogP contribution in [0.25, 0.3) is 0 Å². The van der Waals surface area contributed by atoms with Crippen molar-refractivity contribution in [2.75, 3.05) is 19.8 Å². The molecule has 0 aliphatic rings. The second-order valence-corrected chi connectivity index (χ2v) is 5.60. The van der Waals surface area contributed by atoms with Crippen LogP contribution >= 0.6 is 15.9 Å². The molecule has 0 heterocycles. The first-order chi connectivity index (χ1) is 9.13. The first kappa shape index (κ1) is 16.5. The number of ether oxygens (including phenoxy) is 2. The number of benzene rings is 1. The van der Waals surface area contributed by atoms with Crippen LogP contribution in [0, 0.1) is 0 Å². The van der Waals surface area contributed by atoms with Crippen molar-refractivity contribution in [1.82, 2.24) is 5.32 Å². The molecule has 0 aliphatic heterocycles. The van der Waals surface area contributed by atoms with E-state index in [9.17, 15) is 0 Å². The van der Waals surface area contributed by atoms with Gasteiger partial charge in [0.2, 0.25) is 0 Å². The summed E-state index contributed by atoms with van der Waals surface area (Å²) in [5.41, 5.74) is 1.21. The summed E-state index contributed by atoms with van der Waals surface area (Å²) in [6, 6.07) is 6.54. The fourth-order valence-corrected chi connectivity index (χ4v) is 1.94. The average molecular weight is 330 g/mol. The van der Waals surface area contributed by atoms with Crippen LogP contribution in [0.1, 0.15) is 32.8 Å². The Bertz CT molecular complexity index is 369. The SMILES string of the molecule is CCCOCCOc1ccc(Br)c(CNC(C)C)c1. The van der Waals surface area contributed by atoms with Crippen LogP contribution in [0.2, 0.25) is 0 Å². The van der Waals surface area contributed by atoms with Gasteiger partial charge in [-0.25, -0.2) is 0 Å². The Morgan fingerprint density at radius 1 is 1.21 bits per heavy atom. The van der Waals surface area contributed by atoms with Gasteiger partial charge in [0, 0.05) is 23.7 Å². The van der Waals surface area contributed by atoms with E-state index < -0.39 is 0 Å². The summed E-state index contributed by atoms with van der Waals surface area (Å²) in [4.78, 5) is 0. The molecule has 0 spiro atoms. The molecule has 4 heteroatoms. The first-order valence-electron chi connectivity index (χ1n) is 6.85. The van der Waals surface area contributed by atoms with Crippen LogP contribution < -0.4 is 10.1 Å². The highest BCUT2D eigenvalue weighted by Gasteiger charge is 2.03. The van der Waals surface area contributed by atoms with Gasteiger partial charge in [0.25, 0.3) is 0 Å². The van der Waals surface area contributed by atoms with Crippen LogP contribution in [-0.2, 0) is 11.3 Å². The number of hydrogen-bond acceptors (Lipinski definition) is 3. The Morgan fingerprint density at radius 2 is 2.00 bits per heavy atom. The Kier molecular flexibility index (Phi) is 8.10. The van der Waals surface area contributed by atoms with E-state index in [0.29, 0.717) is 19.3 Å². The molecule has 0 unspecified atom stereocenters. The molecule has 19 heavy (non-hydrogen) atoms. The lowest BCUT2D eigenvalue weighted by molar-refractivity contribution is 0.101. The Hall–Kier alpha value is -0.580. The molecule has 0 atom stereocenters. The highest BCUT2D eigenvalue weighted by atomic mass is 79.9. The smallest absolute Gasteiger partial charge is 0.119 e. The summed E-state index contributed by atoms with van der Waals surface area (Å²) < 4.78 is 12.2. The summed E-state index contributed by atoms with van der Waals surface area (Å²) in [5, 5.41) is 3.40. The average Bonchev–Trinajstić information content (AvgIpc) is 2.38. The first-order valence-corrected chi connectivity index (χ1v) is 7.65. The Labute approximate surface area is 124 Å². The van der Waals surface area contributed by atoms with E-state index >= 15 is 0 Å². The maximum Gasteiger partial charge on any atom is 0.119 e. The molecule has 1 aromatic rings. The van der Waals surface area contributed by atoms with Crippen molar-refractivity contribution in [2.45, 2.75) is 39.8 Å². The van der Waals surface area contributed by atoms with Gasteiger partial charge in [-0.05, 0) is 30.2 Å². The van der Waals surface area contributed by atoms with Gasteiger partial charge >= 0.3 is 0 Å². The maximum atomic E-state index is 5.68. The molecule has 1 N–H and O–H groups in total. The van der Waals surface area contributed by atoms with Crippen LogP contribution in [0.3, 0.4) is 0 Å². The molecule has 0 aliphatic carbocycles. The second-order valence-electron chi connectivity index (χ2n) is 4.75. The second kappa shape index (κ2) is 9.34. The van der Waals surface area contributed by atoms with E-state index in [4.69, 9.17) is 9.47 Å². The van der Waals surface area contributed by atoms with Crippen molar-refractivity contribution in [3.05, 3.63) is 28.2 Å². The fourth-order valence-electron chi connectivity index (χ4n) is 1.56. The van der Waals surface area contributed by atoms with E-state index in [2.05, 4.69) is 48.1 Å². The molecule has 0 saturated carbocycles. The molecule has 1 rings (SSSR count). The van der Waals surface area contributed by atoms with Crippen molar-refractivity contribution in [2.24, 2.45) is 0 Å². The lowest BCUT2D eigenvalue weighted by Gasteiger charge is -2.12. The molecule has 0 fully saturated rings. The van der Waals surface area contributed by atoms with E-state index in [0.717, 1.165) is 29.8 Å². The molecule has 108 valence electrons. The van der Waals surface area contributed by atoms with Crippen molar-refractivity contribution in [3.63, 3.8) is 0 Å². The standard InChI is InChI=1S/C15H24BrNO2/c1-4-7-18-8-9-19-14-5-6-15(16)13(10-14)11-17-12(2)3/h5-6,10,12,17H,4,7-9,11H2,1-3H3. The minimum absolute atomic E-state index is 0.471. The molecule has 0 bridgehead atoms. The number of rotatable bonds is 9. The van der Waals surface area contributed by atoms with E-state index in [-0.39, 0.29) is 0 Å². The van der Waals surface area contributed by atoms with Crippen LogP contribution in [0.4, 0.5) is 0 Å². The van der Waals surface area contributed by atoms with Crippen molar-refractivity contribution in [1.29, 1.82) is 0 Å². The van der Waals surface area contributed by atoms with Gasteiger partial charge in [-0.15, -0.1) is 0 Å². The summed E-state index contributed by atoms with van der Waals surface area (Å²) in [6.45, 7) is 9.25. The predicted octanol–water partition coefficient (Wildman–Crippen LogP) is 3.75. The number of nitrogens with one attached hydrogen (secondary N) is 1. The molecule has 0 amide bonds. The quantitative estimate of drug-likeness (QED) is 0.700. The van der Waals surface area contributed by atoms with Gasteiger partial charge in [-0.3, -0.25) is 0 Å². The zero-order chi connectivity index (χ0) is 14.1. The molecule has 3 nitrogen and oxygen atoms in total. The molecule has 0 aromatic heterocycles. The maximum absolute atomic E-state index is 5.68. The molecule has 1 aromatic carbocycles. The van der Waals surface area contributed by atoms with Gasteiger partial charge < -0.3 is 14.8 Å². The third-order valence-electron chi connectivity index (χ3n) is 2.56. The van der Waals surface area contributed by atoms with Gasteiger partial charge in [-0.2, -0.15) is 0 Å². The number of hydrogen-bond donors (Lipinski definition) is 1. The van der Waals surface area contributed by atoms with Gasteiger partial charge in [-0.1, -0.05) is 36.7 Å². The van der Waals surface area contributed by atoms with Gasteiger partial charge in [0.15, 0.2) is 0 Å². The van der Waals surface area contributed by atoms with Crippen LogP contribution in [-0.4, -0.2) is 25.9 Å². The van der Waals surface area contributed by atoms with Crippen LogP contribution in [0.5, 0.6) is 5.75 Å². The summed E-state index contributed by atoms with van der Waals surface area (Å²) >= 11 is 3.56. The largest absolute Gasteiger partial charge is 0.491 e. The highest BCUT2D eigenvalue weighted by molar-refractivity contribution is 9.10. The van der Waals surface area contributed by atoms with Crippen molar-refractivity contribution in [3.8, 4) is 5.75 Å². The summed E-state index contributed by atoms with van der Waals surface area (Å²) in [6.07, 6.45) is 1.04. The van der Waals surface area contributed by atoms with Crippen molar-refractivity contribution >= 4 is 15.9 Å². The normalized spacial score (nSPS) is 11.0. The van der Waals surface area contributed by atoms with Crippen molar-refractivity contribution < 1.29 is 9.47 Å². The molecular weight excluding hydrogens is 306 g/mol. The third-order valence-corrected chi connectivity index (χ3v) is 3.34. The van der Waals surface area contributed by atoms with Gasteiger partial charge in [0.1, 0.15) is 12.4 Å². The van der Waals surface area contributed by atoms with E-state index in [1.807, 2.05) is 12.1 Å². The van der Waals surface area contributed by atoms with Gasteiger partial charge in [0.05, 0.1) is 6.61 Å². The van der Waals surface area contributed by atoms with E-state index in [1.54, 1.807) is 0 Å². The molecular formula is C15H24BrNO2. The third kappa shape index (κ3) is 6.95. The minimum atomic E-state index is 0.471.